The maximum atomic E-state index is 13.7. The van der Waals surface area contributed by atoms with Gasteiger partial charge in [0.1, 0.15) is 28.5 Å². The first-order valence-corrected chi connectivity index (χ1v) is 15.4. The molecule has 4 heteroatoms. The largest absolute Gasteiger partial charge is 0.223 e. The Balaban J connectivity index is 1.86. The summed E-state index contributed by atoms with van der Waals surface area (Å²) in [5.41, 5.74) is 1.87. The maximum Gasteiger partial charge on any atom is 0.182 e. The summed E-state index contributed by atoms with van der Waals surface area (Å²) < 4.78 is 27.3. The Morgan fingerprint density at radius 1 is 0.528 bits per heavy atom. The van der Waals surface area contributed by atoms with Gasteiger partial charge < -0.3 is 0 Å². The van der Waals surface area contributed by atoms with Gasteiger partial charge in [0.25, 0.3) is 0 Å². The van der Waals surface area contributed by atoms with E-state index in [0.29, 0.717) is 4.90 Å². The zero-order valence-electron chi connectivity index (χ0n) is 20.2. The molecule has 0 atom stereocenters. The van der Waals surface area contributed by atoms with Crippen LogP contribution in [0.3, 0.4) is 0 Å². The molecule has 0 saturated carbocycles. The molecule has 0 saturated heterocycles. The van der Waals surface area contributed by atoms with Crippen LogP contribution in [0.4, 0.5) is 0 Å². The summed E-state index contributed by atoms with van der Waals surface area (Å²) in [6.07, 6.45) is 0. The molecule has 2 nitrogen and oxygen atoms in total. The summed E-state index contributed by atoms with van der Waals surface area (Å²) in [5.74, 6) is -0.0483. The lowest BCUT2D eigenvalue weighted by molar-refractivity contribution is 0.595. The zero-order valence-corrected chi connectivity index (χ0v) is 21.9. The molecule has 0 bridgehead atoms. The van der Waals surface area contributed by atoms with Gasteiger partial charge in [-0.3, -0.25) is 0 Å². The Hall–Kier alpha value is -3.52. The van der Waals surface area contributed by atoms with E-state index in [2.05, 4.69) is 84.9 Å². The van der Waals surface area contributed by atoms with Gasteiger partial charge in [-0.2, -0.15) is 0 Å². The maximum absolute atomic E-state index is 13.7. The summed E-state index contributed by atoms with van der Waals surface area (Å²) in [7, 11) is -5.96. The van der Waals surface area contributed by atoms with Gasteiger partial charge in [-0.05, 0) is 67.1 Å². The predicted molar refractivity (Wildman–Crippen MR) is 153 cm³/mol. The van der Waals surface area contributed by atoms with E-state index in [4.69, 9.17) is 0 Å². The molecule has 0 radical (unpaired) electrons. The molecule has 0 spiro atoms. The molecule has 0 aliphatic heterocycles. The molecule has 0 fully saturated rings. The summed E-state index contributed by atoms with van der Waals surface area (Å²) in [6.45, 7) is 2.02. The van der Waals surface area contributed by atoms with Crippen molar-refractivity contribution in [2.24, 2.45) is 0 Å². The topological polar surface area (TPSA) is 34.1 Å². The minimum absolute atomic E-state index is 0.0483. The van der Waals surface area contributed by atoms with Crippen molar-refractivity contribution in [1.29, 1.82) is 0 Å². The molecule has 0 heterocycles. The lowest BCUT2D eigenvalue weighted by Gasteiger charge is -2.30. The second kappa shape index (κ2) is 10.2. The molecule has 0 N–H and O–H groups in total. The van der Waals surface area contributed by atoms with Gasteiger partial charge in [0.05, 0.1) is 10.6 Å². The van der Waals surface area contributed by atoms with Crippen molar-refractivity contribution in [2.75, 3.05) is 0 Å². The van der Waals surface area contributed by atoms with Gasteiger partial charge in [0, 0.05) is 5.56 Å². The minimum Gasteiger partial charge on any atom is -0.223 e. The van der Waals surface area contributed by atoms with Crippen LogP contribution in [-0.2, 0) is 15.6 Å². The highest BCUT2D eigenvalue weighted by atomic mass is 32.2. The van der Waals surface area contributed by atoms with Crippen LogP contribution in [0.15, 0.2) is 144 Å². The lowest BCUT2D eigenvalue weighted by atomic mass is 10.1. The molecule has 0 aliphatic carbocycles. The molecule has 178 valence electrons. The fourth-order valence-electron chi connectivity index (χ4n) is 4.91. The van der Waals surface area contributed by atoms with Gasteiger partial charge in [-0.15, -0.1) is 0 Å². The van der Waals surface area contributed by atoms with Gasteiger partial charge in [-0.1, -0.05) is 84.9 Å². The van der Waals surface area contributed by atoms with E-state index >= 15 is 0 Å². The van der Waals surface area contributed by atoms with Gasteiger partial charge in [-0.25, -0.2) is 8.42 Å². The van der Waals surface area contributed by atoms with Crippen molar-refractivity contribution in [3.8, 4) is 0 Å². The number of sulfone groups is 1. The fourth-order valence-corrected chi connectivity index (χ4v) is 11.1. The molecule has 0 aliphatic rings. The van der Waals surface area contributed by atoms with Crippen molar-refractivity contribution in [2.45, 2.75) is 17.6 Å². The van der Waals surface area contributed by atoms with Gasteiger partial charge in [0.2, 0.25) is 0 Å². The predicted octanol–water partition coefficient (Wildman–Crippen LogP) is 5.59. The van der Waals surface area contributed by atoms with E-state index in [1.54, 1.807) is 24.3 Å². The fraction of sp³-hybridized carbons (Fsp3) is 0.0625. The third-order valence-electron chi connectivity index (χ3n) is 6.61. The summed E-state index contributed by atoms with van der Waals surface area (Å²) >= 11 is 0. The van der Waals surface area contributed by atoms with Crippen LogP contribution in [0.2, 0.25) is 0 Å². The second-order valence-electron chi connectivity index (χ2n) is 8.82. The standard InChI is InChI=1S/C32H28O2PS/c1-26-15-14-24-32(31(26)25-36(33,34)30-22-12-5-13-23-30)35(27-16-6-2-7-17-27,28-18-8-3-9-19-28)29-20-10-4-11-21-29/h2-24H,25H2,1H3/q+1. The summed E-state index contributed by atoms with van der Waals surface area (Å²) in [6, 6.07) is 46.7. The highest BCUT2D eigenvalue weighted by Gasteiger charge is 2.49. The van der Waals surface area contributed by atoms with Crippen molar-refractivity contribution in [1.82, 2.24) is 0 Å². The molecular formula is C32H28O2PS+. The highest BCUT2D eigenvalue weighted by molar-refractivity contribution is 8.01. The van der Waals surface area contributed by atoms with Crippen LogP contribution in [0.1, 0.15) is 11.1 Å². The SMILES string of the molecule is Cc1cccc([P+](c2ccccc2)(c2ccccc2)c2ccccc2)c1CS(=O)(=O)c1ccccc1. The van der Waals surface area contributed by atoms with Crippen LogP contribution in [0.5, 0.6) is 0 Å². The molecule has 5 rings (SSSR count). The van der Waals surface area contributed by atoms with E-state index in [9.17, 15) is 8.42 Å². The normalized spacial score (nSPS) is 11.8. The van der Waals surface area contributed by atoms with Gasteiger partial charge in [0.15, 0.2) is 9.84 Å². The number of rotatable bonds is 7. The molecular weight excluding hydrogens is 479 g/mol. The molecule has 5 aromatic rings. The lowest BCUT2D eigenvalue weighted by Crippen LogP contribution is -2.40. The first kappa shape index (κ1) is 24.2. The molecule has 5 aromatic carbocycles. The third-order valence-corrected chi connectivity index (χ3v) is 12.6. The van der Waals surface area contributed by atoms with Crippen LogP contribution < -0.4 is 21.2 Å². The monoisotopic (exact) mass is 507 g/mol. The number of benzene rings is 5. The van der Waals surface area contributed by atoms with E-state index in [0.717, 1.165) is 16.4 Å². The Morgan fingerprint density at radius 3 is 1.39 bits per heavy atom. The van der Waals surface area contributed by atoms with Crippen LogP contribution in [-0.4, -0.2) is 8.42 Å². The molecule has 0 amide bonds. The Bertz CT molecular complexity index is 1450. The van der Waals surface area contributed by atoms with E-state index < -0.39 is 17.1 Å². The van der Waals surface area contributed by atoms with E-state index in [-0.39, 0.29) is 5.75 Å². The Labute approximate surface area is 214 Å². The number of hydrogen-bond donors (Lipinski definition) is 0. The Kier molecular flexibility index (Phi) is 6.87. The van der Waals surface area contributed by atoms with Crippen LogP contribution in [0.25, 0.3) is 0 Å². The highest BCUT2D eigenvalue weighted by Crippen LogP contribution is 2.55. The molecule has 0 unspecified atom stereocenters. The van der Waals surface area contributed by atoms with Gasteiger partial charge >= 0.3 is 0 Å². The minimum atomic E-state index is -3.55. The summed E-state index contributed by atoms with van der Waals surface area (Å²) in [4.78, 5) is 0.349. The first-order chi connectivity index (χ1) is 17.5. The average molecular weight is 508 g/mol. The van der Waals surface area contributed by atoms with E-state index in [1.165, 1.54) is 15.9 Å². The first-order valence-electron chi connectivity index (χ1n) is 12.0. The quantitative estimate of drug-likeness (QED) is 0.269. The smallest absolute Gasteiger partial charge is 0.182 e. The zero-order chi connectivity index (χ0) is 25.0. The average Bonchev–Trinajstić information content (AvgIpc) is 2.93. The molecule has 0 aromatic heterocycles. The Morgan fingerprint density at radius 2 is 0.944 bits per heavy atom. The van der Waals surface area contributed by atoms with Crippen LogP contribution in [0, 0.1) is 6.92 Å². The molecule has 36 heavy (non-hydrogen) atoms. The van der Waals surface area contributed by atoms with Crippen molar-refractivity contribution < 1.29 is 8.42 Å². The van der Waals surface area contributed by atoms with Crippen molar-refractivity contribution in [3.63, 3.8) is 0 Å². The number of hydrogen-bond acceptors (Lipinski definition) is 2. The third kappa shape index (κ3) is 4.41. The summed E-state index contributed by atoms with van der Waals surface area (Å²) in [5, 5.41) is 4.69. The van der Waals surface area contributed by atoms with Crippen LogP contribution >= 0.6 is 7.26 Å². The number of aryl methyl sites for hydroxylation is 1. The van der Waals surface area contributed by atoms with Crippen molar-refractivity contribution in [3.05, 3.63) is 151 Å². The van der Waals surface area contributed by atoms with E-state index in [1.807, 2.05) is 37.3 Å². The van der Waals surface area contributed by atoms with Crippen molar-refractivity contribution >= 4 is 38.3 Å². The second-order valence-corrected chi connectivity index (χ2v) is 14.2.